The lowest BCUT2D eigenvalue weighted by atomic mass is 9.91. The summed E-state index contributed by atoms with van der Waals surface area (Å²) in [6.07, 6.45) is 5.69. The Labute approximate surface area is 134 Å². The highest BCUT2D eigenvalue weighted by atomic mass is 16.3. The number of phenolic OH excluding ortho intramolecular Hbond substituents is 1. The van der Waals surface area contributed by atoms with Gasteiger partial charge < -0.3 is 5.11 Å². The van der Waals surface area contributed by atoms with Gasteiger partial charge in [-0.15, -0.1) is 0 Å². The summed E-state index contributed by atoms with van der Waals surface area (Å²) in [5, 5.41) is 12.4. The maximum atomic E-state index is 10.3. The molecule has 0 saturated carbocycles. The van der Waals surface area contributed by atoms with Gasteiger partial charge in [-0.1, -0.05) is 64.1 Å². The molecule has 118 valence electrons. The largest absolute Gasteiger partial charge is 0.507 e. The van der Waals surface area contributed by atoms with E-state index < -0.39 is 0 Å². The predicted octanol–water partition coefficient (Wildman–Crippen LogP) is 6.41. The zero-order chi connectivity index (χ0) is 16.1. The normalized spacial score (nSPS) is 12.5. The van der Waals surface area contributed by atoms with Crippen LogP contribution in [0.25, 0.3) is 16.3 Å². The summed E-state index contributed by atoms with van der Waals surface area (Å²) in [4.78, 5) is 0. The molecule has 0 amide bonds. The van der Waals surface area contributed by atoms with Crippen LogP contribution in [-0.4, -0.2) is 5.11 Å². The van der Waals surface area contributed by atoms with Crippen LogP contribution >= 0.6 is 0 Å². The summed E-state index contributed by atoms with van der Waals surface area (Å²) in [6.45, 7) is 9.02. The molecule has 0 aliphatic carbocycles. The minimum absolute atomic E-state index is 0.382. The fourth-order valence-corrected chi connectivity index (χ4v) is 2.76. The zero-order valence-corrected chi connectivity index (χ0v) is 14.3. The summed E-state index contributed by atoms with van der Waals surface area (Å²) < 4.78 is 0. The number of hydrogen-bond acceptors (Lipinski definition) is 1. The van der Waals surface area contributed by atoms with E-state index in [-0.39, 0.29) is 0 Å². The molecule has 1 nitrogen and oxygen atoms in total. The number of benzene rings is 2. The van der Waals surface area contributed by atoms with Crippen molar-refractivity contribution in [2.45, 2.75) is 47.0 Å². The number of aromatic hydroxyl groups is 1. The van der Waals surface area contributed by atoms with Crippen molar-refractivity contribution in [2.75, 3.05) is 0 Å². The van der Waals surface area contributed by atoms with Crippen LogP contribution < -0.4 is 0 Å². The Bertz CT molecular complexity index is 645. The first kappa shape index (κ1) is 16.6. The molecule has 0 unspecified atom stereocenters. The van der Waals surface area contributed by atoms with E-state index >= 15 is 0 Å². The third kappa shape index (κ3) is 4.13. The number of allylic oxidation sites excluding steroid dienone is 2. The third-order valence-electron chi connectivity index (χ3n) is 4.06. The van der Waals surface area contributed by atoms with E-state index in [0.29, 0.717) is 17.6 Å². The van der Waals surface area contributed by atoms with E-state index in [1.54, 1.807) is 6.07 Å². The van der Waals surface area contributed by atoms with Crippen LogP contribution in [-0.2, 0) is 0 Å². The Kier molecular flexibility index (Phi) is 5.65. The van der Waals surface area contributed by atoms with Crippen molar-refractivity contribution in [1.82, 2.24) is 0 Å². The summed E-state index contributed by atoms with van der Waals surface area (Å²) in [5.74, 6) is 1.72. The Balaban J connectivity index is 2.49. The van der Waals surface area contributed by atoms with Crippen molar-refractivity contribution in [1.29, 1.82) is 0 Å². The highest BCUT2D eigenvalue weighted by Crippen LogP contribution is 2.34. The molecule has 0 saturated heterocycles. The monoisotopic (exact) mass is 296 g/mol. The van der Waals surface area contributed by atoms with Crippen molar-refractivity contribution in [3.8, 4) is 5.75 Å². The molecule has 0 aromatic heterocycles. The lowest BCUT2D eigenvalue weighted by Gasteiger charge is -2.14. The van der Waals surface area contributed by atoms with Crippen LogP contribution in [0.4, 0.5) is 0 Å². The van der Waals surface area contributed by atoms with E-state index in [4.69, 9.17) is 0 Å². The molecule has 22 heavy (non-hydrogen) atoms. The summed E-state index contributed by atoms with van der Waals surface area (Å²) >= 11 is 0. The molecule has 0 aliphatic rings. The van der Waals surface area contributed by atoms with E-state index in [0.717, 1.165) is 23.6 Å². The molecule has 2 aromatic rings. The standard InChI is InChI=1S/C21H28O/c1-15(2)11-13-17(14-12-16(3)4)19-9-5-7-18-8-6-10-20(22)21(18)19/h5-10,13,15-16,22H,11-12,14H2,1-4H3/b17-13+. The maximum Gasteiger partial charge on any atom is 0.124 e. The van der Waals surface area contributed by atoms with E-state index in [1.807, 2.05) is 6.07 Å². The Morgan fingerprint density at radius 1 is 1.00 bits per heavy atom. The highest BCUT2D eigenvalue weighted by molar-refractivity contribution is 5.97. The minimum Gasteiger partial charge on any atom is -0.507 e. The first-order valence-corrected chi connectivity index (χ1v) is 8.39. The second-order valence-electron chi connectivity index (χ2n) is 6.97. The summed E-state index contributed by atoms with van der Waals surface area (Å²) in [5.41, 5.74) is 2.56. The summed E-state index contributed by atoms with van der Waals surface area (Å²) in [6, 6.07) is 12.1. The third-order valence-corrected chi connectivity index (χ3v) is 4.06. The van der Waals surface area contributed by atoms with Crippen LogP contribution in [0, 0.1) is 11.8 Å². The van der Waals surface area contributed by atoms with Gasteiger partial charge in [-0.05, 0) is 53.7 Å². The van der Waals surface area contributed by atoms with Gasteiger partial charge in [0, 0.05) is 5.39 Å². The molecular formula is C21H28O. The molecule has 0 aliphatic heterocycles. The van der Waals surface area contributed by atoms with Crippen molar-refractivity contribution in [2.24, 2.45) is 11.8 Å². The molecule has 0 heterocycles. The lowest BCUT2D eigenvalue weighted by Crippen LogP contribution is -1.94. The van der Waals surface area contributed by atoms with Crippen molar-refractivity contribution >= 4 is 16.3 Å². The minimum atomic E-state index is 0.382. The molecule has 0 bridgehead atoms. The topological polar surface area (TPSA) is 20.2 Å². The Hall–Kier alpha value is -1.76. The van der Waals surface area contributed by atoms with E-state index in [2.05, 4.69) is 58.0 Å². The molecule has 0 radical (unpaired) electrons. The molecule has 1 heteroatoms. The zero-order valence-electron chi connectivity index (χ0n) is 14.3. The summed E-state index contributed by atoms with van der Waals surface area (Å²) in [7, 11) is 0. The SMILES string of the molecule is CC(C)C/C=C(\CCC(C)C)c1cccc2cccc(O)c12. The number of hydrogen-bond donors (Lipinski definition) is 1. The van der Waals surface area contributed by atoms with Gasteiger partial charge in [0.1, 0.15) is 5.75 Å². The van der Waals surface area contributed by atoms with Crippen molar-refractivity contribution in [3.63, 3.8) is 0 Å². The smallest absolute Gasteiger partial charge is 0.124 e. The van der Waals surface area contributed by atoms with Gasteiger partial charge in [0.25, 0.3) is 0 Å². The maximum absolute atomic E-state index is 10.3. The Morgan fingerprint density at radius 2 is 1.68 bits per heavy atom. The van der Waals surface area contributed by atoms with Gasteiger partial charge in [-0.2, -0.15) is 0 Å². The van der Waals surface area contributed by atoms with Crippen LogP contribution in [0.2, 0.25) is 0 Å². The fourth-order valence-electron chi connectivity index (χ4n) is 2.76. The van der Waals surface area contributed by atoms with Crippen LogP contribution in [0.5, 0.6) is 5.75 Å². The van der Waals surface area contributed by atoms with E-state index in [1.165, 1.54) is 17.6 Å². The van der Waals surface area contributed by atoms with Gasteiger partial charge >= 0.3 is 0 Å². The lowest BCUT2D eigenvalue weighted by molar-refractivity contribution is 0.481. The molecule has 0 atom stereocenters. The molecule has 0 fully saturated rings. The van der Waals surface area contributed by atoms with Gasteiger partial charge in [-0.3, -0.25) is 0 Å². The second kappa shape index (κ2) is 7.49. The molecule has 2 aromatic carbocycles. The van der Waals surface area contributed by atoms with Gasteiger partial charge in [-0.25, -0.2) is 0 Å². The molecular weight excluding hydrogens is 268 g/mol. The number of rotatable bonds is 6. The molecule has 1 N–H and O–H groups in total. The van der Waals surface area contributed by atoms with Crippen molar-refractivity contribution < 1.29 is 5.11 Å². The highest BCUT2D eigenvalue weighted by Gasteiger charge is 2.11. The number of fused-ring (bicyclic) bond motifs is 1. The van der Waals surface area contributed by atoms with Crippen LogP contribution in [0.3, 0.4) is 0 Å². The second-order valence-corrected chi connectivity index (χ2v) is 6.97. The van der Waals surface area contributed by atoms with Gasteiger partial charge in [0.05, 0.1) is 0 Å². The molecule has 0 spiro atoms. The van der Waals surface area contributed by atoms with Crippen molar-refractivity contribution in [3.05, 3.63) is 48.0 Å². The Morgan fingerprint density at radius 3 is 2.32 bits per heavy atom. The van der Waals surface area contributed by atoms with Crippen LogP contribution in [0.1, 0.15) is 52.5 Å². The van der Waals surface area contributed by atoms with E-state index in [9.17, 15) is 5.11 Å². The fraction of sp³-hybridized carbons (Fsp3) is 0.429. The quantitative estimate of drug-likeness (QED) is 0.653. The number of phenols is 1. The average Bonchev–Trinajstić information content (AvgIpc) is 2.46. The molecule has 2 rings (SSSR count). The first-order chi connectivity index (χ1) is 10.5. The predicted molar refractivity (Wildman–Crippen MR) is 97.1 cm³/mol. The van der Waals surface area contributed by atoms with Crippen LogP contribution in [0.15, 0.2) is 42.5 Å². The van der Waals surface area contributed by atoms with Gasteiger partial charge in [0.15, 0.2) is 0 Å². The van der Waals surface area contributed by atoms with Gasteiger partial charge in [0.2, 0.25) is 0 Å². The first-order valence-electron chi connectivity index (χ1n) is 8.39. The average molecular weight is 296 g/mol.